The molecule has 1 N–H and O–H groups in total. The van der Waals surface area contributed by atoms with E-state index < -0.39 is 0 Å². The number of rotatable bonds is 5. The lowest BCUT2D eigenvalue weighted by Crippen LogP contribution is -2.53. The third-order valence-corrected chi connectivity index (χ3v) is 5.76. The summed E-state index contributed by atoms with van der Waals surface area (Å²) in [7, 11) is 0. The Morgan fingerprint density at radius 1 is 0.862 bits per heavy atom. The van der Waals surface area contributed by atoms with Crippen LogP contribution >= 0.6 is 11.6 Å². The lowest BCUT2D eigenvalue weighted by molar-refractivity contribution is -0.134. The van der Waals surface area contributed by atoms with Crippen LogP contribution in [0.25, 0.3) is 0 Å². The van der Waals surface area contributed by atoms with Gasteiger partial charge in [0.25, 0.3) is 5.91 Å². The van der Waals surface area contributed by atoms with Crippen molar-refractivity contribution >= 4 is 29.3 Å². The molecule has 3 rings (SSSR count). The Morgan fingerprint density at radius 3 is 2.17 bits per heavy atom. The largest absolute Gasteiger partial charge is 0.343 e. The molecule has 2 aliphatic rings. The molecule has 0 atom stereocenters. The first-order valence-electron chi connectivity index (χ1n) is 10.3. The fraction of sp³-hybridized carbons (Fsp3) is 0.571. The molecule has 0 unspecified atom stereocenters. The molecule has 2 saturated heterocycles. The number of likely N-dealkylation sites (tertiary alicyclic amines) is 1. The average Bonchev–Trinajstić information content (AvgIpc) is 3.02. The lowest BCUT2D eigenvalue weighted by Gasteiger charge is -2.35. The SMILES string of the molecule is O=C(NCC(=O)N1CCN(CC(=O)N2CCCCCC2)CC1)c1cccc(Cl)c1. The minimum absolute atomic E-state index is 0.0436. The summed E-state index contributed by atoms with van der Waals surface area (Å²) in [5.74, 6) is -0.234. The Morgan fingerprint density at radius 2 is 1.52 bits per heavy atom. The van der Waals surface area contributed by atoms with Crippen molar-refractivity contribution in [2.75, 3.05) is 52.4 Å². The molecule has 1 aromatic rings. The fourth-order valence-corrected chi connectivity index (χ4v) is 3.96. The number of hydrogen-bond acceptors (Lipinski definition) is 4. The molecule has 29 heavy (non-hydrogen) atoms. The molecule has 158 valence electrons. The number of halogens is 1. The Bertz CT molecular complexity index is 726. The van der Waals surface area contributed by atoms with Crippen molar-refractivity contribution in [1.29, 1.82) is 0 Å². The van der Waals surface area contributed by atoms with Gasteiger partial charge in [0.15, 0.2) is 0 Å². The monoisotopic (exact) mass is 420 g/mol. The second kappa shape index (κ2) is 10.6. The van der Waals surface area contributed by atoms with Crippen molar-refractivity contribution in [2.45, 2.75) is 25.7 Å². The minimum Gasteiger partial charge on any atom is -0.343 e. The Balaban J connectivity index is 1.39. The van der Waals surface area contributed by atoms with Gasteiger partial charge < -0.3 is 15.1 Å². The van der Waals surface area contributed by atoms with Gasteiger partial charge in [0.1, 0.15) is 0 Å². The maximum atomic E-state index is 12.5. The second-order valence-electron chi connectivity index (χ2n) is 7.64. The van der Waals surface area contributed by atoms with E-state index in [1.165, 1.54) is 12.8 Å². The highest BCUT2D eigenvalue weighted by Gasteiger charge is 2.24. The first kappa shape index (κ1) is 21.6. The quantitative estimate of drug-likeness (QED) is 0.785. The smallest absolute Gasteiger partial charge is 0.251 e. The van der Waals surface area contributed by atoms with Crippen molar-refractivity contribution in [3.05, 3.63) is 34.9 Å². The Kier molecular flexibility index (Phi) is 7.89. The minimum atomic E-state index is -0.317. The highest BCUT2D eigenvalue weighted by Crippen LogP contribution is 2.12. The first-order valence-corrected chi connectivity index (χ1v) is 10.7. The van der Waals surface area contributed by atoms with E-state index in [1.807, 2.05) is 4.90 Å². The molecule has 2 aliphatic heterocycles. The maximum Gasteiger partial charge on any atom is 0.251 e. The molecule has 1 aromatic carbocycles. The van der Waals surface area contributed by atoms with Gasteiger partial charge in [-0.2, -0.15) is 0 Å². The summed E-state index contributed by atoms with van der Waals surface area (Å²) >= 11 is 5.89. The Labute approximate surface area is 177 Å². The van der Waals surface area contributed by atoms with Crippen LogP contribution in [0.4, 0.5) is 0 Å². The number of hydrogen-bond donors (Lipinski definition) is 1. The maximum absolute atomic E-state index is 12.5. The van der Waals surface area contributed by atoms with Gasteiger partial charge in [0, 0.05) is 49.9 Å². The molecule has 0 spiro atoms. The highest BCUT2D eigenvalue weighted by molar-refractivity contribution is 6.30. The number of carbonyl (C=O) groups excluding carboxylic acids is 3. The van der Waals surface area contributed by atoms with E-state index in [9.17, 15) is 14.4 Å². The van der Waals surface area contributed by atoms with Gasteiger partial charge in [0.05, 0.1) is 13.1 Å². The van der Waals surface area contributed by atoms with Gasteiger partial charge in [-0.05, 0) is 31.0 Å². The van der Waals surface area contributed by atoms with E-state index in [0.29, 0.717) is 43.3 Å². The van der Waals surface area contributed by atoms with Crippen LogP contribution in [0, 0.1) is 0 Å². The topological polar surface area (TPSA) is 73.0 Å². The van der Waals surface area contributed by atoms with E-state index in [0.717, 1.165) is 25.9 Å². The highest BCUT2D eigenvalue weighted by atomic mass is 35.5. The zero-order valence-electron chi connectivity index (χ0n) is 16.7. The molecule has 8 heteroatoms. The van der Waals surface area contributed by atoms with E-state index in [-0.39, 0.29) is 24.3 Å². The average molecular weight is 421 g/mol. The zero-order valence-corrected chi connectivity index (χ0v) is 17.5. The molecule has 0 aromatic heterocycles. The van der Waals surface area contributed by atoms with E-state index in [2.05, 4.69) is 10.2 Å². The standard InChI is InChI=1S/C21H29ClN4O3/c22-18-7-5-6-17(14-18)21(29)23-15-19(27)26-12-10-24(11-13-26)16-20(28)25-8-3-1-2-4-9-25/h5-7,14H,1-4,8-13,15-16H2,(H,23,29). The van der Waals surface area contributed by atoms with Crippen LogP contribution in [0.2, 0.25) is 5.02 Å². The van der Waals surface area contributed by atoms with Gasteiger partial charge in [0.2, 0.25) is 11.8 Å². The van der Waals surface area contributed by atoms with E-state index in [1.54, 1.807) is 29.2 Å². The van der Waals surface area contributed by atoms with Crippen molar-refractivity contribution in [2.24, 2.45) is 0 Å². The van der Waals surface area contributed by atoms with Gasteiger partial charge in [-0.15, -0.1) is 0 Å². The van der Waals surface area contributed by atoms with E-state index in [4.69, 9.17) is 11.6 Å². The van der Waals surface area contributed by atoms with Crippen LogP contribution in [0.1, 0.15) is 36.0 Å². The van der Waals surface area contributed by atoms with Gasteiger partial charge >= 0.3 is 0 Å². The number of benzene rings is 1. The lowest BCUT2D eigenvalue weighted by atomic mass is 10.2. The molecule has 0 radical (unpaired) electrons. The molecule has 0 bridgehead atoms. The van der Waals surface area contributed by atoms with Crippen molar-refractivity contribution < 1.29 is 14.4 Å². The molecule has 0 aliphatic carbocycles. The van der Waals surface area contributed by atoms with Gasteiger partial charge in [-0.1, -0.05) is 30.5 Å². The first-order chi connectivity index (χ1) is 14.0. The van der Waals surface area contributed by atoms with Crippen molar-refractivity contribution in [1.82, 2.24) is 20.0 Å². The molecule has 2 heterocycles. The van der Waals surface area contributed by atoms with Gasteiger partial charge in [-0.25, -0.2) is 0 Å². The summed E-state index contributed by atoms with van der Waals surface area (Å²) in [5.41, 5.74) is 0.433. The summed E-state index contributed by atoms with van der Waals surface area (Å²) in [5, 5.41) is 3.13. The molecular weight excluding hydrogens is 392 g/mol. The summed E-state index contributed by atoms with van der Waals surface area (Å²) in [6.45, 7) is 4.60. The number of nitrogens with zero attached hydrogens (tertiary/aromatic N) is 3. The molecular formula is C21H29ClN4O3. The van der Waals surface area contributed by atoms with Crippen LogP contribution in [-0.2, 0) is 9.59 Å². The number of piperazine rings is 1. The van der Waals surface area contributed by atoms with Crippen LogP contribution in [0.3, 0.4) is 0 Å². The fourth-order valence-electron chi connectivity index (χ4n) is 3.77. The van der Waals surface area contributed by atoms with Crippen LogP contribution in [0.5, 0.6) is 0 Å². The molecule has 7 nitrogen and oxygen atoms in total. The van der Waals surface area contributed by atoms with Crippen LogP contribution < -0.4 is 5.32 Å². The van der Waals surface area contributed by atoms with Crippen molar-refractivity contribution in [3.63, 3.8) is 0 Å². The molecule has 3 amide bonds. The Hall–Kier alpha value is -2.12. The number of carbonyl (C=O) groups is 3. The summed E-state index contributed by atoms with van der Waals surface area (Å²) < 4.78 is 0. The normalized spacial score (nSPS) is 18.2. The number of amides is 3. The summed E-state index contributed by atoms with van der Waals surface area (Å²) in [4.78, 5) is 42.9. The van der Waals surface area contributed by atoms with Gasteiger partial charge in [-0.3, -0.25) is 19.3 Å². The third-order valence-electron chi connectivity index (χ3n) is 5.53. The zero-order chi connectivity index (χ0) is 20.6. The summed E-state index contributed by atoms with van der Waals surface area (Å²) in [6, 6.07) is 6.62. The predicted molar refractivity (Wildman–Crippen MR) is 112 cm³/mol. The van der Waals surface area contributed by atoms with Crippen molar-refractivity contribution in [3.8, 4) is 0 Å². The third kappa shape index (κ3) is 6.44. The van der Waals surface area contributed by atoms with Crippen LogP contribution in [-0.4, -0.2) is 84.8 Å². The summed E-state index contributed by atoms with van der Waals surface area (Å²) in [6.07, 6.45) is 4.60. The molecule has 0 saturated carbocycles. The van der Waals surface area contributed by atoms with Crippen LogP contribution in [0.15, 0.2) is 24.3 Å². The predicted octanol–water partition coefficient (Wildman–Crippen LogP) is 1.62. The van der Waals surface area contributed by atoms with E-state index >= 15 is 0 Å². The molecule has 2 fully saturated rings. The number of nitrogens with one attached hydrogen (secondary N) is 1. The second-order valence-corrected chi connectivity index (χ2v) is 8.08.